The molecule has 0 aliphatic rings. The average Bonchev–Trinajstić information content (AvgIpc) is 2.34. The van der Waals surface area contributed by atoms with Crippen LogP contribution in [-0.2, 0) is 0 Å². The van der Waals surface area contributed by atoms with E-state index in [1.807, 2.05) is 18.2 Å². The number of hydrogen-bond acceptors (Lipinski definition) is 2. The van der Waals surface area contributed by atoms with E-state index in [-0.39, 0.29) is 0 Å². The molecule has 0 spiro atoms. The third-order valence-corrected chi connectivity index (χ3v) is 3.69. The molecule has 0 aliphatic carbocycles. The lowest BCUT2D eigenvalue weighted by Crippen LogP contribution is -1.94. The van der Waals surface area contributed by atoms with Crippen LogP contribution in [-0.4, -0.2) is 0 Å². The molecule has 0 saturated heterocycles. The predicted octanol–water partition coefficient (Wildman–Crippen LogP) is 5.48. The van der Waals surface area contributed by atoms with Gasteiger partial charge in [0.15, 0.2) is 0 Å². The van der Waals surface area contributed by atoms with Gasteiger partial charge in [0, 0.05) is 14.0 Å². The molecule has 0 heterocycles. The number of halogens is 3. The second kappa shape index (κ2) is 5.75. The molecule has 2 aromatic carbocycles. The Hall–Kier alpha value is -1.02. The zero-order chi connectivity index (χ0) is 13.1. The van der Waals surface area contributed by atoms with E-state index in [0.717, 1.165) is 20.3 Å². The summed E-state index contributed by atoms with van der Waals surface area (Å²) in [5.74, 6) is 0. The Morgan fingerprint density at radius 1 is 1.06 bits per heavy atom. The molecule has 2 aromatic rings. The molecule has 2 nitrogen and oxygen atoms in total. The first-order valence-electron chi connectivity index (χ1n) is 5.02. The maximum Gasteiger partial charge on any atom is 0.101 e. The molecule has 90 valence electrons. The van der Waals surface area contributed by atoms with Crippen LogP contribution in [0.2, 0.25) is 5.02 Å². The lowest BCUT2D eigenvalue weighted by atomic mass is 10.2. The summed E-state index contributed by atoms with van der Waals surface area (Å²) in [6.07, 6.45) is 0. The van der Waals surface area contributed by atoms with Crippen LogP contribution in [0, 0.1) is 11.3 Å². The van der Waals surface area contributed by atoms with E-state index in [0.29, 0.717) is 10.6 Å². The van der Waals surface area contributed by atoms with Crippen molar-refractivity contribution in [1.82, 2.24) is 0 Å². The maximum absolute atomic E-state index is 9.09. The summed E-state index contributed by atoms with van der Waals surface area (Å²) in [5, 5.41) is 12.9. The van der Waals surface area contributed by atoms with Gasteiger partial charge in [0.25, 0.3) is 0 Å². The largest absolute Gasteiger partial charge is 0.354 e. The van der Waals surface area contributed by atoms with Crippen LogP contribution in [0.25, 0.3) is 0 Å². The summed E-state index contributed by atoms with van der Waals surface area (Å²) >= 11 is 12.7. The highest BCUT2D eigenvalue weighted by Gasteiger charge is 2.06. The van der Waals surface area contributed by atoms with Crippen molar-refractivity contribution in [1.29, 1.82) is 5.26 Å². The van der Waals surface area contributed by atoms with Crippen molar-refractivity contribution in [3.63, 3.8) is 0 Å². The molecule has 0 atom stereocenters. The Morgan fingerprint density at radius 3 is 2.44 bits per heavy atom. The Bertz CT molecular complexity index is 635. The fourth-order valence-corrected chi connectivity index (χ4v) is 2.60. The minimum atomic E-state index is 0.575. The molecule has 0 amide bonds. The third kappa shape index (κ3) is 3.05. The van der Waals surface area contributed by atoms with Crippen LogP contribution in [0.5, 0.6) is 0 Å². The number of anilines is 2. The van der Waals surface area contributed by atoms with Crippen molar-refractivity contribution < 1.29 is 0 Å². The van der Waals surface area contributed by atoms with E-state index in [1.54, 1.807) is 18.2 Å². The van der Waals surface area contributed by atoms with Crippen LogP contribution in [0.1, 0.15) is 5.56 Å². The lowest BCUT2D eigenvalue weighted by Gasteiger charge is -2.10. The monoisotopic (exact) mass is 384 g/mol. The Balaban J connectivity index is 2.37. The second-order valence-electron chi connectivity index (χ2n) is 3.55. The third-order valence-electron chi connectivity index (χ3n) is 2.30. The molecule has 0 aromatic heterocycles. The van der Waals surface area contributed by atoms with E-state index in [9.17, 15) is 0 Å². The highest BCUT2D eigenvalue weighted by Crippen LogP contribution is 2.30. The molecule has 2 rings (SSSR count). The molecule has 0 bridgehead atoms. The summed E-state index contributed by atoms with van der Waals surface area (Å²) in [6.45, 7) is 0. The van der Waals surface area contributed by atoms with Gasteiger partial charge in [0.05, 0.1) is 16.9 Å². The zero-order valence-corrected chi connectivity index (χ0v) is 13.0. The molecule has 5 heteroatoms. The molecule has 0 aliphatic heterocycles. The molecule has 0 fully saturated rings. The Labute approximate surface area is 127 Å². The standard InChI is InChI=1S/C13H7Br2ClN2/c14-9-1-3-12(8(5-9)7-17)18-13-4-2-10(16)6-11(13)15/h1-6,18H. The Morgan fingerprint density at radius 2 is 1.78 bits per heavy atom. The van der Waals surface area contributed by atoms with Crippen LogP contribution in [0.4, 0.5) is 11.4 Å². The molecule has 0 radical (unpaired) electrons. The van der Waals surface area contributed by atoms with Crippen molar-refractivity contribution in [2.75, 3.05) is 5.32 Å². The van der Waals surface area contributed by atoms with Crippen molar-refractivity contribution in [3.05, 3.63) is 55.9 Å². The summed E-state index contributed by atoms with van der Waals surface area (Å²) in [4.78, 5) is 0. The summed E-state index contributed by atoms with van der Waals surface area (Å²) in [5.41, 5.74) is 2.19. The molecule has 18 heavy (non-hydrogen) atoms. The number of hydrogen-bond donors (Lipinski definition) is 1. The van der Waals surface area contributed by atoms with Crippen molar-refractivity contribution >= 4 is 54.8 Å². The summed E-state index contributed by atoms with van der Waals surface area (Å²) in [6, 6.07) is 13.1. The van der Waals surface area contributed by atoms with Gasteiger partial charge in [-0.15, -0.1) is 0 Å². The van der Waals surface area contributed by atoms with Gasteiger partial charge in [-0.3, -0.25) is 0 Å². The molecular weight excluding hydrogens is 379 g/mol. The van der Waals surface area contributed by atoms with Crippen molar-refractivity contribution in [3.8, 4) is 6.07 Å². The quantitative estimate of drug-likeness (QED) is 0.742. The second-order valence-corrected chi connectivity index (χ2v) is 5.76. The van der Waals surface area contributed by atoms with E-state index < -0.39 is 0 Å². The van der Waals surface area contributed by atoms with Crippen LogP contribution in [0.15, 0.2) is 45.3 Å². The number of benzene rings is 2. The van der Waals surface area contributed by atoms with Gasteiger partial charge in [-0.05, 0) is 52.3 Å². The molecule has 1 N–H and O–H groups in total. The highest BCUT2D eigenvalue weighted by molar-refractivity contribution is 9.10. The first-order chi connectivity index (χ1) is 8.60. The van der Waals surface area contributed by atoms with E-state index in [2.05, 4.69) is 43.2 Å². The fraction of sp³-hybridized carbons (Fsp3) is 0. The Kier molecular flexibility index (Phi) is 4.28. The van der Waals surface area contributed by atoms with Crippen LogP contribution < -0.4 is 5.32 Å². The van der Waals surface area contributed by atoms with E-state index in [1.165, 1.54) is 0 Å². The number of nitrogens with one attached hydrogen (secondary N) is 1. The van der Waals surface area contributed by atoms with Crippen molar-refractivity contribution in [2.45, 2.75) is 0 Å². The first-order valence-corrected chi connectivity index (χ1v) is 6.98. The van der Waals surface area contributed by atoms with Gasteiger partial charge < -0.3 is 5.32 Å². The average molecular weight is 386 g/mol. The predicted molar refractivity (Wildman–Crippen MR) is 81.3 cm³/mol. The van der Waals surface area contributed by atoms with E-state index >= 15 is 0 Å². The van der Waals surface area contributed by atoms with Gasteiger partial charge in [-0.1, -0.05) is 27.5 Å². The number of nitrogens with zero attached hydrogens (tertiary/aromatic N) is 1. The molecule has 0 saturated carbocycles. The normalized spacial score (nSPS) is 9.89. The molecular formula is C13H7Br2ClN2. The first kappa shape index (κ1) is 13.4. The van der Waals surface area contributed by atoms with Crippen LogP contribution in [0.3, 0.4) is 0 Å². The van der Waals surface area contributed by atoms with Gasteiger partial charge in [-0.2, -0.15) is 5.26 Å². The zero-order valence-electron chi connectivity index (χ0n) is 9.05. The highest BCUT2D eigenvalue weighted by atomic mass is 79.9. The lowest BCUT2D eigenvalue weighted by molar-refractivity contribution is 1.44. The summed E-state index contributed by atoms with van der Waals surface area (Å²) in [7, 11) is 0. The number of rotatable bonds is 2. The minimum Gasteiger partial charge on any atom is -0.354 e. The summed E-state index contributed by atoms with van der Waals surface area (Å²) < 4.78 is 1.72. The fourth-order valence-electron chi connectivity index (χ4n) is 1.45. The smallest absolute Gasteiger partial charge is 0.101 e. The molecule has 0 unspecified atom stereocenters. The number of nitriles is 1. The maximum atomic E-state index is 9.09. The van der Waals surface area contributed by atoms with Crippen LogP contribution >= 0.6 is 43.5 Å². The van der Waals surface area contributed by atoms with Crippen molar-refractivity contribution in [2.24, 2.45) is 0 Å². The van der Waals surface area contributed by atoms with Gasteiger partial charge >= 0.3 is 0 Å². The van der Waals surface area contributed by atoms with Gasteiger partial charge in [0.1, 0.15) is 6.07 Å². The van der Waals surface area contributed by atoms with Gasteiger partial charge in [-0.25, -0.2) is 0 Å². The van der Waals surface area contributed by atoms with Gasteiger partial charge in [0.2, 0.25) is 0 Å². The minimum absolute atomic E-state index is 0.575. The SMILES string of the molecule is N#Cc1cc(Br)ccc1Nc1ccc(Cl)cc1Br. The van der Waals surface area contributed by atoms with E-state index in [4.69, 9.17) is 16.9 Å². The topological polar surface area (TPSA) is 35.8 Å².